The zero-order chi connectivity index (χ0) is 14.3. The first-order chi connectivity index (χ1) is 9.02. The maximum absolute atomic E-state index is 11.7. The van der Waals surface area contributed by atoms with Gasteiger partial charge in [0.2, 0.25) is 5.91 Å². The summed E-state index contributed by atoms with van der Waals surface area (Å²) in [5.74, 6) is -0.263. The van der Waals surface area contributed by atoms with E-state index in [1.807, 2.05) is 20.8 Å². The normalized spacial score (nSPS) is 10.3. The van der Waals surface area contributed by atoms with Crippen molar-refractivity contribution in [3.63, 3.8) is 0 Å². The van der Waals surface area contributed by atoms with Gasteiger partial charge in [-0.05, 0) is 25.1 Å². The van der Waals surface area contributed by atoms with E-state index >= 15 is 0 Å². The SMILES string of the molecule is CCNC(=O)c1cccc(NC(=O)CNC(C)C)c1. The van der Waals surface area contributed by atoms with Crippen molar-refractivity contribution in [3.8, 4) is 0 Å². The van der Waals surface area contributed by atoms with E-state index in [-0.39, 0.29) is 24.4 Å². The van der Waals surface area contributed by atoms with E-state index in [1.54, 1.807) is 24.3 Å². The lowest BCUT2D eigenvalue weighted by molar-refractivity contribution is -0.115. The highest BCUT2D eigenvalue weighted by Crippen LogP contribution is 2.10. The average molecular weight is 263 g/mol. The fraction of sp³-hybridized carbons (Fsp3) is 0.429. The second-order valence-corrected chi connectivity index (χ2v) is 4.52. The van der Waals surface area contributed by atoms with Gasteiger partial charge in [-0.1, -0.05) is 19.9 Å². The van der Waals surface area contributed by atoms with Gasteiger partial charge in [0, 0.05) is 23.8 Å². The minimum absolute atomic E-state index is 0.123. The molecule has 5 heteroatoms. The van der Waals surface area contributed by atoms with Gasteiger partial charge in [-0.3, -0.25) is 9.59 Å². The summed E-state index contributed by atoms with van der Waals surface area (Å²) in [4.78, 5) is 23.3. The Bertz CT molecular complexity index is 444. The number of carbonyl (C=O) groups is 2. The van der Waals surface area contributed by atoms with Gasteiger partial charge < -0.3 is 16.0 Å². The van der Waals surface area contributed by atoms with Crippen LogP contribution in [0, 0.1) is 0 Å². The highest BCUT2D eigenvalue weighted by Gasteiger charge is 2.07. The molecule has 0 bridgehead atoms. The van der Waals surface area contributed by atoms with Crippen LogP contribution in [0.5, 0.6) is 0 Å². The molecule has 1 aromatic rings. The average Bonchev–Trinajstić information content (AvgIpc) is 2.37. The van der Waals surface area contributed by atoms with E-state index < -0.39 is 0 Å². The van der Waals surface area contributed by atoms with Crippen LogP contribution in [-0.2, 0) is 4.79 Å². The first-order valence-corrected chi connectivity index (χ1v) is 6.44. The molecule has 0 spiro atoms. The van der Waals surface area contributed by atoms with Crippen molar-refractivity contribution in [2.45, 2.75) is 26.8 Å². The molecule has 0 radical (unpaired) electrons. The van der Waals surface area contributed by atoms with Crippen molar-refractivity contribution < 1.29 is 9.59 Å². The third kappa shape index (κ3) is 5.52. The van der Waals surface area contributed by atoms with Gasteiger partial charge in [0.25, 0.3) is 5.91 Å². The predicted octanol–water partition coefficient (Wildman–Crippen LogP) is 1.37. The van der Waals surface area contributed by atoms with Crippen molar-refractivity contribution >= 4 is 17.5 Å². The van der Waals surface area contributed by atoms with E-state index in [9.17, 15) is 9.59 Å². The smallest absolute Gasteiger partial charge is 0.251 e. The zero-order valence-electron chi connectivity index (χ0n) is 11.6. The summed E-state index contributed by atoms with van der Waals surface area (Å²) in [5.41, 5.74) is 1.16. The Kier molecular flexibility index (Phi) is 6.02. The highest BCUT2D eigenvalue weighted by molar-refractivity contribution is 5.97. The van der Waals surface area contributed by atoms with Crippen LogP contribution in [0.2, 0.25) is 0 Å². The molecule has 0 aliphatic rings. The summed E-state index contributed by atoms with van der Waals surface area (Å²) in [6, 6.07) is 7.14. The van der Waals surface area contributed by atoms with E-state index in [4.69, 9.17) is 0 Å². The molecule has 0 aromatic heterocycles. The largest absolute Gasteiger partial charge is 0.352 e. The molecule has 1 rings (SSSR count). The molecule has 0 fully saturated rings. The van der Waals surface area contributed by atoms with Gasteiger partial charge >= 0.3 is 0 Å². The summed E-state index contributed by atoms with van der Waals surface area (Å²) in [6.07, 6.45) is 0. The molecule has 1 aromatic carbocycles. The molecular formula is C14H21N3O2. The van der Waals surface area contributed by atoms with Gasteiger partial charge in [-0.2, -0.15) is 0 Å². The lowest BCUT2D eigenvalue weighted by Crippen LogP contribution is -2.32. The molecule has 0 aliphatic heterocycles. The molecule has 0 saturated heterocycles. The number of rotatable bonds is 6. The number of benzene rings is 1. The van der Waals surface area contributed by atoms with Crippen molar-refractivity contribution in [1.82, 2.24) is 10.6 Å². The second kappa shape index (κ2) is 7.53. The fourth-order valence-electron chi connectivity index (χ4n) is 1.50. The van der Waals surface area contributed by atoms with Crippen LogP contribution in [0.25, 0.3) is 0 Å². The summed E-state index contributed by atoms with van der Waals surface area (Å²) < 4.78 is 0. The number of amides is 2. The second-order valence-electron chi connectivity index (χ2n) is 4.52. The standard InChI is InChI=1S/C14H21N3O2/c1-4-15-14(19)11-6-5-7-12(8-11)17-13(18)9-16-10(2)3/h5-8,10,16H,4,9H2,1-3H3,(H,15,19)(H,17,18). The van der Waals surface area contributed by atoms with E-state index in [1.165, 1.54) is 0 Å². The van der Waals surface area contributed by atoms with Crippen molar-refractivity contribution in [1.29, 1.82) is 0 Å². The van der Waals surface area contributed by atoms with Gasteiger partial charge in [-0.15, -0.1) is 0 Å². The van der Waals surface area contributed by atoms with Gasteiger partial charge in [0.15, 0.2) is 0 Å². The molecule has 0 heterocycles. The first-order valence-electron chi connectivity index (χ1n) is 6.44. The summed E-state index contributed by atoms with van der Waals surface area (Å²) in [6.45, 7) is 6.64. The van der Waals surface area contributed by atoms with Crippen LogP contribution in [0.1, 0.15) is 31.1 Å². The molecule has 0 saturated carbocycles. The van der Waals surface area contributed by atoms with Crippen molar-refractivity contribution in [3.05, 3.63) is 29.8 Å². The number of hydrogen-bond acceptors (Lipinski definition) is 3. The zero-order valence-corrected chi connectivity index (χ0v) is 11.6. The van der Waals surface area contributed by atoms with E-state index in [0.717, 1.165) is 0 Å². The minimum atomic E-state index is -0.140. The van der Waals surface area contributed by atoms with Crippen LogP contribution in [0.4, 0.5) is 5.69 Å². The monoisotopic (exact) mass is 263 g/mol. The molecule has 3 N–H and O–H groups in total. The number of carbonyl (C=O) groups excluding carboxylic acids is 2. The van der Waals surface area contributed by atoms with E-state index in [0.29, 0.717) is 17.8 Å². The molecule has 0 atom stereocenters. The van der Waals surface area contributed by atoms with Crippen LogP contribution in [-0.4, -0.2) is 30.9 Å². The number of anilines is 1. The molecule has 5 nitrogen and oxygen atoms in total. The van der Waals surface area contributed by atoms with E-state index in [2.05, 4.69) is 16.0 Å². The van der Waals surface area contributed by atoms with Crippen LogP contribution < -0.4 is 16.0 Å². The number of hydrogen-bond donors (Lipinski definition) is 3. The van der Waals surface area contributed by atoms with Crippen LogP contribution in [0.3, 0.4) is 0 Å². The molecule has 0 unspecified atom stereocenters. The molecule has 0 aliphatic carbocycles. The van der Waals surface area contributed by atoms with Gasteiger partial charge in [0.05, 0.1) is 6.54 Å². The Morgan fingerprint density at radius 2 is 2.00 bits per heavy atom. The molecular weight excluding hydrogens is 242 g/mol. The summed E-state index contributed by atoms with van der Waals surface area (Å²) in [5, 5.41) is 8.50. The maximum atomic E-state index is 11.7. The molecule has 104 valence electrons. The topological polar surface area (TPSA) is 70.2 Å². The highest BCUT2D eigenvalue weighted by atomic mass is 16.2. The Morgan fingerprint density at radius 1 is 1.26 bits per heavy atom. The van der Waals surface area contributed by atoms with Crippen molar-refractivity contribution in [2.24, 2.45) is 0 Å². The first kappa shape index (κ1) is 15.2. The summed E-state index contributed by atoms with van der Waals surface area (Å²) >= 11 is 0. The third-order valence-corrected chi connectivity index (χ3v) is 2.42. The fourth-order valence-corrected chi connectivity index (χ4v) is 1.50. The maximum Gasteiger partial charge on any atom is 0.251 e. The molecule has 19 heavy (non-hydrogen) atoms. The van der Waals surface area contributed by atoms with Crippen LogP contribution >= 0.6 is 0 Å². The third-order valence-electron chi connectivity index (χ3n) is 2.42. The van der Waals surface area contributed by atoms with Gasteiger partial charge in [-0.25, -0.2) is 0 Å². The van der Waals surface area contributed by atoms with Gasteiger partial charge in [0.1, 0.15) is 0 Å². The predicted molar refractivity (Wildman–Crippen MR) is 76.2 cm³/mol. The Labute approximate surface area is 113 Å². The lowest BCUT2D eigenvalue weighted by atomic mass is 10.2. The lowest BCUT2D eigenvalue weighted by Gasteiger charge is -2.10. The number of nitrogens with one attached hydrogen (secondary N) is 3. The Balaban J connectivity index is 2.61. The van der Waals surface area contributed by atoms with Crippen LogP contribution in [0.15, 0.2) is 24.3 Å². The quantitative estimate of drug-likeness (QED) is 0.726. The Morgan fingerprint density at radius 3 is 2.63 bits per heavy atom. The van der Waals surface area contributed by atoms with Crippen molar-refractivity contribution in [2.75, 3.05) is 18.4 Å². The molecule has 2 amide bonds. The minimum Gasteiger partial charge on any atom is -0.352 e. The summed E-state index contributed by atoms with van der Waals surface area (Å²) in [7, 11) is 0. The Hall–Kier alpha value is -1.88.